The van der Waals surface area contributed by atoms with Crippen LogP contribution in [0.5, 0.6) is 0 Å². The Morgan fingerprint density at radius 1 is 1.00 bits per heavy atom. The van der Waals surface area contributed by atoms with Gasteiger partial charge in [-0.2, -0.15) is 0 Å². The van der Waals surface area contributed by atoms with Gasteiger partial charge < -0.3 is 15.2 Å². The molecule has 2 N–H and O–H groups in total. The van der Waals surface area contributed by atoms with Crippen LogP contribution in [0.4, 0.5) is 4.79 Å². The second-order valence-corrected chi connectivity index (χ2v) is 7.71. The van der Waals surface area contributed by atoms with E-state index in [0.29, 0.717) is 23.6 Å². The van der Waals surface area contributed by atoms with E-state index in [-0.39, 0.29) is 18.1 Å². The highest BCUT2D eigenvalue weighted by atomic mass is 35.5. The van der Waals surface area contributed by atoms with Crippen molar-refractivity contribution in [3.8, 4) is 23.0 Å². The molecule has 0 bridgehead atoms. The average molecular weight is 446 g/mol. The molecule has 0 aromatic heterocycles. The number of ether oxygens (including phenoxy) is 1. The van der Waals surface area contributed by atoms with Gasteiger partial charge in [0.05, 0.1) is 10.6 Å². The van der Waals surface area contributed by atoms with E-state index in [1.165, 1.54) is 29.3 Å². The van der Waals surface area contributed by atoms with Crippen molar-refractivity contribution in [2.24, 2.45) is 0 Å². The van der Waals surface area contributed by atoms with E-state index in [0.717, 1.165) is 11.1 Å². The Bertz CT molecular complexity index is 1200. The Hall–Kier alpha value is -3.75. The molecule has 0 radical (unpaired) electrons. The van der Waals surface area contributed by atoms with Gasteiger partial charge in [-0.15, -0.1) is 0 Å². The molecular formula is C26H20ClNO4. The molecule has 0 spiro atoms. The van der Waals surface area contributed by atoms with Gasteiger partial charge in [0.15, 0.2) is 0 Å². The summed E-state index contributed by atoms with van der Waals surface area (Å²) in [6.45, 7) is 0.559. The monoisotopic (exact) mass is 445 g/mol. The Kier molecular flexibility index (Phi) is 6.44. The molecule has 32 heavy (non-hydrogen) atoms. The smallest absolute Gasteiger partial charge is 0.407 e. The van der Waals surface area contributed by atoms with Crippen LogP contribution in [0.15, 0.2) is 66.7 Å². The molecule has 6 heteroatoms. The number of carboxylic acids is 1. The zero-order chi connectivity index (χ0) is 22.5. The van der Waals surface area contributed by atoms with E-state index < -0.39 is 12.1 Å². The van der Waals surface area contributed by atoms with E-state index in [1.54, 1.807) is 0 Å². The molecule has 0 aliphatic heterocycles. The fraction of sp³-hybridized carbons (Fsp3) is 0.154. The molecule has 0 fully saturated rings. The molecule has 0 saturated heterocycles. The number of hydrogen-bond donors (Lipinski definition) is 2. The molecule has 1 aliphatic rings. The molecular weight excluding hydrogens is 426 g/mol. The number of fused-ring (bicyclic) bond motifs is 3. The largest absolute Gasteiger partial charge is 0.478 e. The number of carbonyl (C=O) groups is 2. The zero-order valence-corrected chi connectivity index (χ0v) is 17.9. The maximum Gasteiger partial charge on any atom is 0.407 e. The molecule has 5 nitrogen and oxygen atoms in total. The van der Waals surface area contributed by atoms with Gasteiger partial charge >= 0.3 is 12.1 Å². The minimum absolute atomic E-state index is 0.0107. The second kappa shape index (κ2) is 9.59. The molecule has 160 valence electrons. The zero-order valence-electron chi connectivity index (χ0n) is 17.1. The molecule has 0 atom stereocenters. The Morgan fingerprint density at radius 3 is 2.31 bits per heavy atom. The first-order valence-electron chi connectivity index (χ1n) is 10.1. The van der Waals surface area contributed by atoms with Crippen LogP contribution in [0, 0.1) is 11.8 Å². The highest BCUT2D eigenvalue weighted by Gasteiger charge is 2.28. The minimum Gasteiger partial charge on any atom is -0.478 e. The first-order valence-corrected chi connectivity index (χ1v) is 10.5. The third-order valence-corrected chi connectivity index (χ3v) is 5.63. The summed E-state index contributed by atoms with van der Waals surface area (Å²) in [7, 11) is 0. The average Bonchev–Trinajstić information content (AvgIpc) is 3.12. The molecule has 1 amide bonds. The Labute approximate surface area is 191 Å². The van der Waals surface area contributed by atoms with E-state index >= 15 is 0 Å². The van der Waals surface area contributed by atoms with Gasteiger partial charge in [-0.3, -0.25) is 0 Å². The lowest BCUT2D eigenvalue weighted by molar-refractivity contribution is 0.0696. The van der Waals surface area contributed by atoms with Gasteiger partial charge in [-0.05, 0) is 40.5 Å². The normalized spacial score (nSPS) is 11.7. The summed E-state index contributed by atoms with van der Waals surface area (Å²) in [6.07, 6.45) is -0.128. The quantitative estimate of drug-likeness (QED) is 0.411. The van der Waals surface area contributed by atoms with Gasteiger partial charge in [0.25, 0.3) is 0 Å². The molecule has 0 saturated carbocycles. The summed E-state index contributed by atoms with van der Waals surface area (Å²) in [6, 6.07) is 20.7. The lowest BCUT2D eigenvalue weighted by atomic mass is 9.98. The molecule has 4 rings (SSSR count). The predicted octanol–water partition coefficient (Wildman–Crippen LogP) is 5.32. The maximum atomic E-state index is 12.2. The van der Waals surface area contributed by atoms with Crippen LogP contribution in [-0.2, 0) is 4.74 Å². The fourth-order valence-electron chi connectivity index (χ4n) is 3.79. The number of hydrogen-bond acceptors (Lipinski definition) is 3. The predicted molar refractivity (Wildman–Crippen MR) is 123 cm³/mol. The van der Waals surface area contributed by atoms with E-state index in [2.05, 4.69) is 41.4 Å². The van der Waals surface area contributed by atoms with Crippen LogP contribution in [0.1, 0.15) is 39.4 Å². The summed E-state index contributed by atoms with van der Waals surface area (Å²) in [5.74, 6) is 4.70. The number of carboxylic acid groups (broad SMARTS) is 1. The lowest BCUT2D eigenvalue weighted by Crippen LogP contribution is -2.26. The topological polar surface area (TPSA) is 75.6 Å². The number of halogens is 1. The van der Waals surface area contributed by atoms with Crippen LogP contribution < -0.4 is 5.32 Å². The molecule has 1 aliphatic carbocycles. The summed E-state index contributed by atoms with van der Waals surface area (Å²) in [4.78, 5) is 23.2. The van der Waals surface area contributed by atoms with Gasteiger partial charge in [-0.1, -0.05) is 72.0 Å². The summed E-state index contributed by atoms with van der Waals surface area (Å²) in [5, 5.41) is 12.1. The Morgan fingerprint density at radius 2 is 1.66 bits per heavy atom. The first-order chi connectivity index (χ1) is 15.5. The fourth-order valence-corrected chi connectivity index (χ4v) is 3.95. The maximum absolute atomic E-state index is 12.2. The third-order valence-electron chi connectivity index (χ3n) is 5.30. The second-order valence-electron chi connectivity index (χ2n) is 7.30. The number of nitrogens with one attached hydrogen (secondary N) is 1. The van der Waals surface area contributed by atoms with Crippen molar-refractivity contribution in [3.05, 3.63) is 94.0 Å². The third kappa shape index (κ3) is 4.61. The minimum atomic E-state index is -1.04. The van der Waals surface area contributed by atoms with Crippen molar-refractivity contribution >= 4 is 23.7 Å². The number of benzene rings is 3. The molecule has 3 aromatic carbocycles. The standard InChI is InChI=1S/C26H20ClNO4/c27-24-13-12-18(25(29)30)15-17(24)7-5-6-14-28-26(31)32-16-23-21-10-3-1-8-19(21)20-9-2-4-11-22(20)23/h1-4,8-13,15,23H,6,14,16H2,(H,28,31)(H,29,30). The van der Waals surface area contributed by atoms with Crippen LogP contribution in [0.25, 0.3) is 11.1 Å². The van der Waals surface area contributed by atoms with E-state index in [1.807, 2.05) is 24.3 Å². The summed E-state index contributed by atoms with van der Waals surface area (Å²) >= 11 is 6.05. The van der Waals surface area contributed by atoms with Gasteiger partial charge in [-0.25, -0.2) is 9.59 Å². The number of aromatic carboxylic acids is 1. The van der Waals surface area contributed by atoms with Crippen LogP contribution in [0.2, 0.25) is 5.02 Å². The van der Waals surface area contributed by atoms with Gasteiger partial charge in [0, 0.05) is 24.4 Å². The molecule has 3 aromatic rings. The van der Waals surface area contributed by atoms with Crippen molar-refractivity contribution in [1.82, 2.24) is 5.32 Å². The van der Waals surface area contributed by atoms with Crippen LogP contribution in [-0.4, -0.2) is 30.3 Å². The lowest BCUT2D eigenvalue weighted by Gasteiger charge is -2.14. The molecule has 0 heterocycles. The number of amides is 1. The summed E-state index contributed by atoms with van der Waals surface area (Å²) in [5.41, 5.74) is 5.24. The van der Waals surface area contributed by atoms with Crippen molar-refractivity contribution in [3.63, 3.8) is 0 Å². The van der Waals surface area contributed by atoms with Crippen molar-refractivity contribution < 1.29 is 19.4 Å². The van der Waals surface area contributed by atoms with Crippen molar-refractivity contribution in [2.45, 2.75) is 12.3 Å². The number of alkyl carbamates (subject to hydrolysis) is 1. The van der Waals surface area contributed by atoms with Crippen molar-refractivity contribution in [2.75, 3.05) is 13.2 Å². The van der Waals surface area contributed by atoms with E-state index in [4.69, 9.17) is 21.4 Å². The van der Waals surface area contributed by atoms with Crippen LogP contribution in [0.3, 0.4) is 0 Å². The van der Waals surface area contributed by atoms with Crippen molar-refractivity contribution in [1.29, 1.82) is 0 Å². The van der Waals surface area contributed by atoms with Gasteiger partial charge in [0.2, 0.25) is 0 Å². The highest BCUT2D eigenvalue weighted by Crippen LogP contribution is 2.44. The van der Waals surface area contributed by atoms with Gasteiger partial charge in [0.1, 0.15) is 6.61 Å². The van der Waals surface area contributed by atoms with Crippen LogP contribution >= 0.6 is 11.6 Å². The highest BCUT2D eigenvalue weighted by molar-refractivity contribution is 6.31. The Balaban J connectivity index is 1.30. The summed E-state index contributed by atoms with van der Waals surface area (Å²) < 4.78 is 5.48. The molecule has 0 unspecified atom stereocenters. The number of rotatable bonds is 5. The first kappa shape index (κ1) is 21.5. The number of carbonyl (C=O) groups excluding carboxylic acids is 1. The van der Waals surface area contributed by atoms with E-state index in [9.17, 15) is 9.59 Å². The SMILES string of the molecule is O=C(NCCC#Cc1cc(C(=O)O)ccc1Cl)OCC1c2ccccc2-c2ccccc21.